The van der Waals surface area contributed by atoms with E-state index in [1.54, 1.807) is 0 Å². The van der Waals surface area contributed by atoms with Gasteiger partial charge in [-0.1, -0.05) is 13.8 Å². The summed E-state index contributed by atoms with van der Waals surface area (Å²) in [5.41, 5.74) is 3.44. The Hall–Kier alpha value is -0.0800. The molecule has 1 aliphatic heterocycles. The highest BCUT2D eigenvalue weighted by molar-refractivity contribution is 4.84. The molecule has 10 heavy (non-hydrogen) atoms. The Morgan fingerprint density at radius 1 is 1.30 bits per heavy atom. The predicted molar refractivity (Wildman–Crippen MR) is 43.6 cm³/mol. The lowest BCUT2D eigenvalue weighted by Gasteiger charge is -2.19. The van der Waals surface area contributed by atoms with Crippen LogP contribution in [0.1, 0.15) is 27.7 Å². The van der Waals surface area contributed by atoms with E-state index in [1.807, 2.05) is 0 Å². The number of nitrogens with zero attached hydrogens (tertiary/aromatic N) is 1. The van der Waals surface area contributed by atoms with Crippen LogP contribution in [0.2, 0.25) is 0 Å². The van der Waals surface area contributed by atoms with E-state index in [4.69, 9.17) is 0 Å². The third-order valence-electron chi connectivity index (χ3n) is 2.75. The summed E-state index contributed by atoms with van der Waals surface area (Å²) in [7, 11) is 0. The number of hydrazine groups is 1. The first-order chi connectivity index (χ1) is 4.66. The summed E-state index contributed by atoms with van der Waals surface area (Å²) in [4.78, 5) is 0. The van der Waals surface area contributed by atoms with Crippen LogP contribution in [-0.2, 0) is 0 Å². The molecule has 1 saturated heterocycles. The van der Waals surface area contributed by atoms with Crippen molar-refractivity contribution in [2.24, 2.45) is 5.92 Å². The molecule has 0 aromatic rings. The van der Waals surface area contributed by atoms with E-state index in [2.05, 4.69) is 38.1 Å². The first kappa shape index (κ1) is 8.02. The van der Waals surface area contributed by atoms with Crippen LogP contribution in [-0.4, -0.2) is 23.6 Å². The molecule has 1 aliphatic rings. The first-order valence-electron chi connectivity index (χ1n) is 4.19. The van der Waals surface area contributed by atoms with Crippen LogP contribution in [0.4, 0.5) is 0 Å². The molecular formula is C8H18N2. The van der Waals surface area contributed by atoms with Crippen LogP contribution in [0, 0.1) is 5.92 Å². The second-order valence-electron chi connectivity index (χ2n) is 3.30. The second-order valence-corrected chi connectivity index (χ2v) is 3.30. The first-order valence-corrected chi connectivity index (χ1v) is 4.19. The molecule has 1 heterocycles. The van der Waals surface area contributed by atoms with E-state index in [0.717, 1.165) is 12.5 Å². The van der Waals surface area contributed by atoms with Gasteiger partial charge in [0.05, 0.1) is 0 Å². The smallest absolute Gasteiger partial charge is 0.0256 e. The molecule has 1 fully saturated rings. The summed E-state index contributed by atoms with van der Waals surface area (Å²) >= 11 is 0. The van der Waals surface area contributed by atoms with Gasteiger partial charge in [-0.25, -0.2) is 5.01 Å². The Morgan fingerprint density at radius 3 is 2.10 bits per heavy atom. The van der Waals surface area contributed by atoms with Gasteiger partial charge in [-0.15, -0.1) is 0 Å². The monoisotopic (exact) mass is 142 g/mol. The topological polar surface area (TPSA) is 15.3 Å². The highest BCUT2D eigenvalue weighted by Gasteiger charge is 2.31. The molecule has 1 rings (SSSR count). The van der Waals surface area contributed by atoms with Crippen molar-refractivity contribution in [1.29, 1.82) is 0 Å². The van der Waals surface area contributed by atoms with Crippen LogP contribution in [0.15, 0.2) is 0 Å². The van der Waals surface area contributed by atoms with E-state index >= 15 is 0 Å². The quantitative estimate of drug-likeness (QED) is 0.592. The summed E-state index contributed by atoms with van der Waals surface area (Å²) in [5, 5.41) is 2.31. The van der Waals surface area contributed by atoms with Gasteiger partial charge in [-0.2, -0.15) is 0 Å². The Morgan fingerprint density at radius 2 is 1.90 bits per heavy atom. The van der Waals surface area contributed by atoms with Gasteiger partial charge in [0.15, 0.2) is 0 Å². The average Bonchev–Trinajstić information content (AvgIpc) is 2.17. The lowest BCUT2D eigenvalue weighted by Crippen LogP contribution is -2.37. The molecule has 0 saturated carbocycles. The average molecular weight is 142 g/mol. The fraction of sp³-hybridized carbons (Fsp3) is 1.00. The van der Waals surface area contributed by atoms with Gasteiger partial charge in [-0.3, -0.25) is 5.43 Å². The van der Waals surface area contributed by atoms with Crippen molar-refractivity contribution in [3.63, 3.8) is 0 Å². The van der Waals surface area contributed by atoms with Gasteiger partial charge in [0.2, 0.25) is 0 Å². The van der Waals surface area contributed by atoms with Gasteiger partial charge in [0.1, 0.15) is 0 Å². The number of hydrogen-bond donors (Lipinski definition) is 1. The van der Waals surface area contributed by atoms with E-state index in [0.29, 0.717) is 12.1 Å². The van der Waals surface area contributed by atoms with Gasteiger partial charge in [-0.05, 0) is 19.8 Å². The van der Waals surface area contributed by atoms with Crippen molar-refractivity contribution in [3.05, 3.63) is 0 Å². The molecule has 0 aromatic carbocycles. The number of rotatable bonds is 1. The van der Waals surface area contributed by atoms with Crippen LogP contribution in [0.25, 0.3) is 0 Å². The molecule has 1 N–H and O–H groups in total. The third-order valence-corrected chi connectivity index (χ3v) is 2.75. The summed E-state index contributed by atoms with van der Waals surface area (Å²) in [6, 6.07) is 1.34. The zero-order valence-electron chi connectivity index (χ0n) is 7.39. The van der Waals surface area contributed by atoms with E-state index in [9.17, 15) is 0 Å². The zero-order valence-corrected chi connectivity index (χ0v) is 7.39. The number of hydrogen-bond acceptors (Lipinski definition) is 2. The standard InChI is InChI=1S/C8H18N2/c1-5-10-8(4)6(2)7(3)9-10/h6-9H,5H2,1-4H3. The predicted octanol–water partition coefficient (Wildman–Crippen LogP) is 1.24. The van der Waals surface area contributed by atoms with Crippen LogP contribution in [0.3, 0.4) is 0 Å². The maximum absolute atomic E-state index is 3.44. The van der Waals surface area contributed by atoms with E-state index in [1.165, 1.54) is 0 Å². The minimum absolute atomic E-state index is 0.648. The fourth-order valence-electron chi connectivity index (χ4n) is 1.58. The molecule has 0 aromatic heterocycles. The molecule has 0 amide bonds. The molecular weight excluding hydrogens is 124 g/mol. The Bertz CT molecular complexity index is 114. The largest absolute Gasteiger partial charge is 0.252 e. The molecule has 0 bridgehead atoms. The van der Waals surface area contributed by atoms with Crippen LogP contribution < -0.4 is 5.43 Å². The lowest BCUT2D eigenvalue weighted by molar-refractivity contribution is 0.194. The molecule has 2 nitrogen and oxygen atoms in total. The molecule has 2 heteroatoms. The molecule has 0 radical (unpaired) electrons. The maximum Gasteiger partial charge on any atom is 0.0256 e. The maximum atomic E-state index is 3.44. The van der Waals surface area contributed by atoms with Gasteiger partial charge < -0.3 is 0 Å². The Balaban J connectivity index is 2.53. The van der Waals surface area contributed by atoms with Crippen molar-refractivity contribution in [2.45, 2.75) is 39.8 Å². The summed E-state index contributed by atoms with van der Waals surface area (Å²) in [6.07, 6.45) is 0. The van der Waals surface area contributed by atoms with E-state index in [-0.39, 0.29) is 0 Å². The number of nitrogens with one attached hydrogen (secondary N) is 1. The van der Waals surface area contributed by atoms with Crippen LogP contribution >= 0.6 is 0 Å². The van der Waals surface area contributed by atoms with Crippen molar-refractivity contribution < 1.29 is 0 Å². The highest BCUT2D eigenvalue weighted by atomic mass is 15.6. The summed E-state index contributed by atoms with van der Waals surface area (Å²) < 4.78 is 0. The van der Waals surface area contributed by atoms with Crippen molar-refractivity contribution in [2.75, 3.05) is 6.54 Å². The van der Waals surface area contributed by atoms with Gasteiger partial charge in [0, 0.05) is 18.6 Å². The minimum Gasteiger partial charge on any atom is -0.252 e. The molecule has 3 unspecified atom stereocenters. The Kier molecular flexibility index (Phi) is 2.32. The van der Waals surface area contributed by atoms with Gasteiger partial charge >= 0.3 is 0 Å². The highest BCUT2D eigenvalue weighted by Crippen LogP contribution is 2.19. The third kappa shape index (κ3) is 1.18. The van der Waals surface area contributed by atoms with Crippen LogP contribution in [0.5, 0.6) is 0 Å². The van der Waals surface area contributed by atoms with Gasteiger partial charge in [0.25, 0.3) is 0 Å². The van der Waals surface area contributed by atoms with Crippen molar-refractivity contribution in [3.8, 4) is 0 Å². The summed E-state index contributed by atoms with van der Waals surface area (Å²) in [5.74, 6) is 0.778. The fourth-order valence-corrected chi connectivity index (χ4v) is 1.58. The minimum atomic E-state index is 0.648. The van der Waals surface area contributed by atoms with Crippen molar-refractivity contribution >= 4 is 0 Å². The SMILES string of the molecule is CCN1NC(C)C(C)C1C. The Labute approximate surface area is 63.6 Å². The normalized spacial score (nSPS) is 42.6. The molecule has 0 spiro atoms. The summed E-state index contributed by atoms with van der Waals surface area (Å²) in [6.45, 7) is 10.1. The molecule has 0 aliphatic carbocycles. The van der Waals surface area contributed by atoms with Crippen molar-refractivity contribution in [1.82, 2.24) is 10.4 Å². The zero-order chi connectivity index (χ0) is 7.72. The lowest BCUT2D eigenvalue weighted by atomic mass is 9.99. The molecule has 60 valence electrons. The second kappa shape index (κ2) is 2.89. The van der Waals surface area contributed by atoms with E-state index < -0.39 is 0 Å². The molecule has 3 atom stereocenters.